The molecular formula is C22H24FN3O4. The molecule has 2 aromatic rings. The molecule has 0 radical (unpaired) electrons. The van der Waals surface area contributed by atoms with E-state index in [0.29, 0.717) is 56.3 Å². The summed E-state index contributed by atoms with van der Waals surface area (Å²) < 4.78 is 24.0. The summed E-state index contributed by atoms with van der Waals surface area (Å²) in [4.78, 5) is 26.9. The van der Waals surface area contributed by atoms with Crippen molar-refractivity contribution in [1.29, 1.82) is 0 Å². The molecule has 0 spiro atoms. The number of rotatable bonds is 5. The molecule has 2 heterocycles. The molecule has 0 aliphatic carbocycles. The lowest BCUT2D eigenvalue weighted by Gasteiger charge is -2.25. The Hall–Kier alpha value is -3.29. The zero-order valence-electron chi connectivity index (χ0n) is 16.5. The van der Waals surface area contributed by atoms with E-state index in [2.05, 4.69) is 10.6 Å². The maximum Gasteiger partial charge on any atom is 0.322 e. The molecule has 2 aliphatic rings. The molecule has 1 fully saturated rings. The van der Waals surface area contributed by atoms with Crippen molar-refractivity contribution in [2.75, 3.05) is 31.6 Å². The van der Waals surface area contributed by atoms with Crippen LogP contribution < -0.4 is 20.1 Å². The number of hydrogen-bond donors (Lipinski definition) is 2. The first kappa shape index (κ1) is 20.0. The third kappa shape index (κ3) is 4.64. The first-order valence-corrected chi connectivity index (χ1v) is 10.1. The van der Waals surface area contributed by atoms with E-state index in [4.69, 9.17) is 9.47 Å². The van der Waals surface area contributed by atoms with Gasteiger partial charge in [-0.25, -0.2) is 9.18 Å². The van der Waals surface area contributed by atoms with Crippen LogP contribution in [0.3, 0.4) is 0 Å². The van der Waals surface area contributed by atoms with Crippen LogP contribution in [0, 0.1) is 5.82 Å². The lowest BCUT2D eigenvalue weighted by atomic mass is 10.1. The third-order valence-corrected chi connectivity index (χ3v) is 5.24. The van der Waals surface area contributed by atoms with Gasteiger partial charge in [0.25, 0.3) is 0 Å². The quantitative estimate of drug-likeness (QED) is 0.790. The van der Waals surface area contributed by atoms with Crippen molar-refractivity contribution in [2.24, 2.45) is 0 Å². The highest BCUT2D eigenvalue weighted by Gasteiger charge is 2.34. The molecule has 8 heteroatoms. The minimum absolute atomic E-state index is 0.174. The van der Waals surface area contributed by atoms with E-state index in [-0.39, 0.29) is 17.8 Å². The van der Waals surface area contributed by atoms with Gasteiger partial charge in [-0.05, 0) is 49.1 Å². The number of carbonyl (C=O) groups excluding carboxylic acids is 2. The smallest absolute Gasteiger partial charge is 0.322 e. The van der Waals surface area contributed by atoms with Crippen LogP contribution in [-0.4, -0.2) is 49.2 Å². The number of benzene rings is 2. The maximum atomic E-state index is 13.0. The summed E-state index contributed by atoms with van der Waals surface area (Å²) in [5, 5.41) is 5.73. The van der Waals surface area contributed by atoms with Crippen molar-refractivity contribution in [2.45, 2.75) is 25.3 Å². The Morgan fingerprint density at radius 2 is 1.83 bits per heavy atom. The van der Waals surface area contributed by atoms with Gasteiger partial charge in [0.1, 0.15) is 25.1 Å². The zero-order chi connectivity index (χ0) is 20.9. The molecule has 0 bridgehead atoms. The van der Waals surface area contributed by atoms with E-state index in [1.165, 1.54) is 12.1 Å². The second-order valence-corrected chi connectivity index (χ2v) is 7.31. The molecule has 0 unspecified atom stereocenters. The minimum atomic E-state index is -0.504. The van der Waals surface area contributed by atoms with Crippen LogP contribution in [0.4, 0.5) is 14.9 Å². The maximum absolute atomic E-state index is 13.0. The lowest BCUT2D eigenvalue weighted by Crippen LogP contribution is -2.47. The minimum Gasteiger partial charge on any atom is -0.486 e. The molecule has 30 heavy (non-hydrogen) atoms. The standard InChI is InChI=1S/C22H24FN3O4/c23-16-5-3-15(4-6-16)9-10-24-21(27)18-2-1-11-26(18)22(28)25-17-7-8-19-20(14-17)30-13-12-29-19/h3-8,14,18H,1-2,9-13H2,(H,24,27)(H,25,28)/t18-/m0/s1. The number of nitrogens with one attached hydrogen (secondary N) is 2. The molecular weight excluding hydrogens is 389 g/mol. The SMILES string of the molecule is O=C(NCCc1ccc(F)cc1)[C@@H]1CCCN1C(=O)Nc1ccc2c(c1)OCCO2. The molecule has 158 valence electrons. The summed E-state index contributed by atoms with van der Waals surface area (Å²) in [6.45, 7) is 1.92. The molecule has 0 saturated carbocycles. The highest BCUT2D eigenvalue weighted by atomic mass is 19.1. The average Bonchev–Trinajstić information content (AvgIpc) is 3.25. The normalized spacial score (nSPS) is 17.5. The Bertz CT molecular complexity index is 919. The fourth-order valence-electron chi connectivity index (χ4n) is 3.70. The number of likely N-dealkylation sites (tertiary alicyclic amines) is 1. The molecule has 3 amide bonds. The fourth-order valence-corrected chi connectivity index (χ4v) is 3.70. The van der Waals surface area contributed by atoms with Crippen LogP contribution in [-0.2, 0) is 11.2 Å². The summed E-state index contributed by atoms with van der Waals surface area (Å²) in [6, 6.07) is 10.6. The van der Waals surface area contributed by atoms with Gasteiger partial charge in [-0.15, -0.1) is 0 Å². The van der Waals surface area contributed by atoms with Gasteiger partial charge >= 0.3 is 6.03 Å². The van der Waals surface area contributed by atoms with Crippen molar-refractivity contribution in [3.8, 4) is 11.5 Å². The molecule has 4 rings (SSSR count). The van der Waals surface area contributed by atoms with Gasteiger partial charge in [-0.3, -0.25) is 4.79 Å². The number of fused-ring (bicyclic) bond motifs is 1. The van der Waals surface area contributed by atoms with E-state index in [1.807, 2.05) is 0 Å². The molecule has 2 aromatic carbocycles. The van der Waals surface area contributed by atoms with Crippen LogP contribution in [0.2, 0.25) is 0 Å². The van der Waals surface area contributed by atoms with Crippen molar-refractivity contribution in [3.63, 3.8) is 0 Å². The van der Waals surface area contributed by atoms with Gasteiger partial charge in [-0.2, -0.15) is 0 Å². The summed E-state index contributed by atoms with van der Waals surface area (Å²) in [7, 11) is 0. The second-order valence-electron chi connectivity index (χ2n) is 7.31. The van der Waals surface area contributed by atoms with Crippen LogP contribution in [0.1, 0.15) is 18.4 Å². The largest absolute Gasteiger partial charge is 0.486 e. The number of urea groups is 1. The Balaban J connectivity index is 1.31. The highest BCUT2D eigenvalue weighted by molar-refractivity contribution is 5.94. The van der Waals surface area contributed by atoms with E-state index in [0.717, 1.165) is 12.0 Å². The van der Waals surface area contributed by atoms with Gasteiger partial charge in [-0.1, -0.05) is 12.1 Å². The van der Waals surface area contributed by atoms with Gasteiger partial charge < -0.3 is 25.0 Å². The first-order valence-electron chi connectivity index (χ1n) is 10.1. The molecule has 1 saturated heterocycles. The number of hydrogen-bond acceptors (Lipinski definition) is 4. The van der Waals surface area contributed by atoms with Crippen molar-refractivity contribution >= 4 is 17.6 Å². The predicted octanol–water partition coefficient (Wildman–Crippen LogP) is 2.95. The highest BCUT2D eigenvalue weighted by Crippen LogP contribution is 2.33. The Morgan fingerprint density at radius 1 is 1.07 bits per heavy atom. The average molecular weight is 413 g/mol. The summed E-state index contributed by atoms with van der Waals surface area (Å²) in [5.41, 5.74) is 1.53. The fraction of sp³-hybridized carbons (Fsp3) is 0.364. The number of carbonyl (C=O) groups is 2. The Labute approximate surface area is 174 Å². The zero-order valence-corrected chi connectivity index (χ0v) is 16.5. The molecule has 7 nitrogen and oxygen atoms in total. The van der Waals surface area contributed by atoms with E-state index in [9.17, 15) is 14.0 Å². The number of amides is 3. The van der Waals surface area contributed by atoms with Crippen LogP contribution >= 0.6 is 0 Å². The Morgan fingerprint density at radius 3 is 2.63 bits per heavy atom. The van der Waals surface area contributed by atoms with Crippen molar-refractivity contribution < 1.29 is 23.5 Å². The molecule has 1 atom stereocenters. The monoisotopic (exact) mass is 413 g/mol. The second kappa shape index (κ2) is 9.02. The number of nitrogens with zero attached hydrogens (tertiary/aromatic N) is 1. The van der Waals surface area contributed by atoms with E-state index < -0.39 is 6.04 Å². The van der Waals surface area contributed by atoms with Crippen molar-refractivity contribution in [1.82, 2.24) is 10.2 Å². The van der Waals surface area contributed by atoms with Gasteiger partial charge in [0.2, 0.25) is 5.91 Å². The van der Waals surface area contributed by atoms with E-state index in [1.54, 1.807) is 35.2 Å². The summed E-state index contributed by atoms with van der Waals surface area (Å²) in [5.74, 6) is 0.787. The molecule has 2 N–H and O–H groups in total. The van der Waals surface area contributed by atoms with Crippen LogP contribution in [0.5, 0.6) is 11.5 Å². The molecule has 0 aromatic heterocycles. The predicted molar refractivity (Wildman–Crippen MR) is 109 cm³/mol. The van der Waals surface area contributed by atoms with Crippen LogP contribution in [0.25, 0.3) is 0 Å². The van der Waals surface area contributed by atoms with Crippen molar-refractivity contribution in [3.05, 3.63) is 53.8 Å². The Kier molecular flexibility index (Phi) is 6.02. The van der Waals surface area contributed by atoms with Gasteiger partial charge in [0.05, 0.1) is 0 Å². The molecule has 2 aliphatic heterocycles. The lowest BCUT2D eigenvalue weighted by molar-refractivity contribution is -0.124. The number of anilines is 1. The number of ether oxygens (including phenoxy) is 2. The van der Waals surface area contributed by atoms with E-state index >= 15 is 0 Å². The van der Waals surface area contributed by atoms with Crippen LogP contribution in [0.15, 0.2) is 42.5 Å². The summed E-state index contributed by atoms with van der Waals surface area (Å²) in [6.07, 6.45) is 1.99. The first-order chi connectivity index (χ1) is 14.6. The third-order valence-electron chi connectivity index (χ3n) is 5.24. The van der Waals surface area contributed by atoms with Gasteiger partial charge in [0.15, 0.2) is 11.5 Å². The summed E-state index contributed by atoms with van der Waals surface area (Å²) >= 11 is 0. The number of halogens is 1. The topological polar surface area (TPSA) is 79.9 Å². The van der Waals surface area contributed by atoms with Gasteiger partial charge in [0, 0.05) is 24.8 Å².